The monoisotopic (exact) mass is 225 g/mol. The van der Waals surface area contributed by atoms with Gasteiger partial charge < -0.3 is 21.1 Å². The van der Waals surface area contributed by atoms with E-state index < -0.39 is 0 Å². The molecular weight excluding hydrogens is 206 g/mol. The highest BCUT2D eigenvalue weighted by molar-refractivity contribution is 5.37. The molecule has 0 saturated heterocycles. The van der Waals surface area contributed by atoms with Gasteiger partial charge in [0.2, 0.25) is 5.88 Å². The Morgan fingerprint density at radius 2 is 1.94 bits per heavy atom. The molecule has 6 heteroatoms. The van der Waals surface area contributed by atoms with Crippen LogP contribution in [-0.4, -0.2) is 42.8 Å². The van der Waals surface area contributed by atoms with Gasteiger partial charge in [-0.05, 0) is 6.92 Å². The van der Waals surface area contributed by atoms with Crippen molar-refractivity contribution in [2.24, 2.45) is 11.5 Å². The molecule has 0 amide bonds. The van der Waals surface area contributed by atoms with E-state index in [2.05, 4.69) is 9.97 Å². The molecule has 4 N–H and O–H groups in total. The average molecular weight is 225 g/mol. The van der Waals surface area contributed by atoms with Crippen molar-refractivity contribution in [3.05, 3.63) is 12.4 Å². The number of hydrogen-bond acceptors (Lipinski definition) is 6. The molecule has 0 aliphatic rings. The van der Waals surface area contributed by atoms with E-state index >= 15 is 0 Å². The van der Waals surface area contributed by atoms with E-state index in [1.807, 2.05) is 11.8 Å². The number of rotatable bonds is 7. The molecule has 0 fully saturated rings. The Morgan fingerprint density at radius 3 is 2.50 bits per heavy atom. The van der Waals surface area contributed by atoms with E-state index in [9.17, 15) is 0 Å². The zero-order valence-corrected chi connectivity index (χ0v) is 9.59. The first-order valence-corrected chi connectivity index (χ1v) is 5.41. The molecule has 1 rings (SSSR count). The summed E-state index contributed by atoms with van der Waals surface area (Å²) in [5.74, 6) is 1.28. The van der Waals surface area contributed by atoms with Gasteiger partial charge in [0.05, 0.1) is 19.0 Å². The summed E-state index contributed by atoms with van der Waals surface area (Å²) in [6.07, 6.45) is 3.28. The maximum Gasteiger partial charge on any atom is 0.234 e. The fourth-order valence-corrected chi connectivity index (χ4v) is 1.36. The van der Waals surface area contributed by atoms with Gasteiger partial charge in [-0.15, -0.1) is 0 Å². The van der Waals surface area contributed by atoms with Crippen molar-refractivity contribution >= 4 is 5.82 Å². The van der Waals surface area contributed by atoms with E-state index in [1.165, 1.54) is 0 Å². The molecule has 0 bridgehead atoms. The van der Waals surface area contributed by atoms with Gasteiger partial charge in [-0.2, -0.15) is 4.98 Å². The third-order valence-electron chi connectivity index (χ3n) is 2.01. The van der Waals surface area contributed by atoms with Gasteiger partial charge in [-0.1, -0.05) is 0 Å². The molecule has 0 aliphatic heterocycles. The number of anilines is 1. The lowest BCUT2D eigenvalue weighted by atomic mass is 10.4. The molecule has 0 spiro atoms. The fraction of sp³-hybridized carbons (Fsp3) is 0.600. The molecule has 1 aromatic heterocycles. The van der Waals surface area contributed by atoms with E-state index in [1.54, 1.807) is 12.4 Å². The SMILES string of the molecule is CCOc1cncc(N(CCN)CCN)n1. The molecule has 6 nitrogen and oxygen atoms in total. The lowest BCUT2D eigenvalue weighted by Crippen LogP contribution is -2.34. The number of nitrogens with zero attached hydrogens (tertiary/aromatic N) is 3. The van der Waals surface area contributed by atoms with Crippen LogP contribution >= 0.6 is 0 Å². The molecule has 0 aliphatic carbocycles. The number of nitrogens with two attached hydrogens (primary N) is 2. The third-order valence-corrected chi connectivity index (χ3v) is 2.01. The lowest BCUT2D eigenvalue weighted by molar-refractivity contribution is 0.325. The van der Waals surface area contributed by atoms with Crippen LogP contribution < -0.4 is 21.1 Å². The largest absolute Gasteiger partial charge is 0.477 e. The minimum atomic E-state index is 0.527. The second kappa shape index (κ2) is 6.97. The first kappa shape index (κ1) is 12.7. The summed E-state index contributed by atoms with van der Waals surface area (Å²) in [4.78, 5) is 10.4. The predicted octanol–water partition coefficient (Wildman–Crippen LogP) is -0.401. The number of hydrogen-bond donors (Lipinski definition) is 2. The summed E-state index contributed by atoms with van der Waals surface area (Å²) < 4.78 is 5.29. The second-order valence-corrected chi connectivity index (χ2v) is 3.21. The third kappa shape index (κ3) is 3.63. The summed E-state index contributed by atoms with van der Waals surface area (Å²) in [5.41, 5.74) is 11.1. The Bertz CT molecular complexity index is 301. The Hall–Kier alpha value is -1.40. The molecule has 0 radical (unpaired) electrons. The molecule has 90 valence electrons. The molecule has 1 heterocycles. The maximum absolute atomic E-state index is 5.53. The molecular formula is C10H19N5O. The standard InChI is InChI=1S/C10H19N5O/c1-2-16-10-8-13-7-9(14-10)15(5-3-11)6-4-12/h7-8H,2-6,11-12H2,1H3. The van der Waals surface area contributed by atoms with Crippen LogP contribution in [0.4, 0.5) is 5.82 Å². The second-order valence-electron chi connectivity index (χ2n) is 3.21. The highest BCUT2D eigenvalue weighted by Crippen LogP contribution is 2.13. The Morgan fingerprint density at radius 1 is 1.25 bits per heavy atom. The zero-order chi connectivity index (χ0) is 11.8. The van der Waals surface area contributed by atoms with Gasteiger partial charge in [-0.3, -0.25) is 4.98 Å². The number of aromatic nitrogens is 2. The van der Waals surface area contributed by atoms with E-state index in [-0.39, 0.29) is 0 Å². The molecule has 0 aromatic carbocycles. The average Bonchev–Trinajstić information content (AvgIpc) is 2.30. The summed E-state index contributed by atoms with van der Waals surface area (Å²) in [6, 6.07) is 0. The summed E-state index contributed by atoms with van der Waals surface area (Å²) in [6.45, 7) is 5.02. The van der Waals surface area contributed by atoms with Crippen molar-refractivity contribution in [2.45, 2.75) is 6.92 Å². The summed E-state index contributed by atoms with van der Waals surface area (Å²) in [5, 5.41) is 0. The first-order chi connectivity index (χ1) is 7.81. The first-order valence-electron chi connectivity index (χ1n) is 5.41. The van der Waals surface area contributed by atoms with Gasteiger partial charge in [0.1, 0.15) is 0 Å². The highest BCUT2D eigenvalue weighted by atomic mass is 16.5. The topological polar surface area (TPSA) is 90.3 Å². The van der Waals surface area contributed by atoms with Crippen molar-refractivity contribution < 1.29 is 4.74 Å². The lowest BCUT2D eigenvalue weighted by Gasteiger charge is -2.21. The fourth-order valence-electron chi connectivity index (χ4n) is 1.36. The predicted molar refractivity (Wildman–Crippen MR) is 63.5 cm³/mol. The zero-order valence-electron chi connectivity index (χ0n) is 9.59. The van der Waals surface area contributed by atoms with Crippen LogP contribution in [0.1, 0.15) is 6.92 Å². The maximum atomic E-state index is 5.53. The van der Waals surface area contributed by atoms with Gasteiger partial charge in [0.25, 0.3) is 0 Å². The number of ether oxygens (including phenoxy) is 1. The van der Waals surface area contributed by atoms with Crippen molar-refractivity contribution in [1.82, 2.24) is 9.97 Å². The van der Waals surface area contributed by atoms with Crippen LogP contribution in [0.25, 0.3) is 0 Å². The van der Waals surface area contributed by atoms with Gasteiger partial charge >= 0.3 is 0 Å². The summed E-state index contributed by atoms with van der Waals surface area (Å²) >= 11 is 0. The quantitative estimate of drug-likeness (QED) is 0.656. The van der Waals surface area contributed by atoms with E-state index in [4.69, 9.17) is 16.2 Å². The Labute approximate surface area is 95.6 Å². The summed E-state index contributed by atoms with van der Waals surface area (Å²) in [7, 11) is 0. The smallest absolute Gasteiger partial charge is 0.234 e. The van der Waals surface area contributed by atoms with Crippen LogP contribution in [0.5, 0.6) is 5.88 Å². The van der Waals surface area contributed by atoms with Gasteiger partial charge in [0, 0.05) is 26.2 Å². The Kier molecular flexibility index (Phi) is 5.52. The van der Waals surface area contributed by atoms with Crippen LogP contribution in [0.2, 0.25) is 0 Å². The van der Waals surface area contributed by atoms with Crippen molar-refractivity contribution in [3.63, 3.8) is 0 Å². The van der Waals surface area contributed by atoms with Gasteiger partial charge in [-0.25, -0.2) is 0 Å². The molecule has 1 aromatic rings. The molecule has 0 unspecified atom stereocenters. The Balaban J connectivity index is 2.77. The van der Waals surface area contributed by atoms with E-state index in [0.717, 1.165) is 5.82 Å². The minimum Gasteiger partial charge on any atom is -0.477 e. The van der Waals surface area contributed by atoms with Crippen LogP contribution in [-0.2, 0) is 0 Å². The van der Waals surface area contributed by atoms with Crippen molar-refractivity contribution in [1.29, 1.82) is 0 Å². The minimum absolute atomic E-state index is 0.527. The van der Waals surface area contributed by atoms with Crippen LogP contribution in [0.3, 0.4) is 0 Å². The van der Waals surface area contributed by atoms with E-state index in [0.29, 0.717) is 38.7 Å². The van der Waals surface area contributed by atoms with Crippen LogP contribution in [0, 0.1) is 0 Å². The molecule has 0 saturated carbocycles. The van der Waals surface area contributed by atoms with Crippen molar-refractivity contribution in [3.8, 4) is 5.88 Å². The van der Waals surface area contributed by atoms with Crippen molar-refractivity contribution in [2.75, 3.05) is 37.7 Å². The van der Waals surface area contributed by atoms with Gasteiger partial charge in [0.15, 0.2) is 5.82 Å². The molecule has 0 atom stereocenters. The normalized spacial score (nSPS) is 10.2. The highest BCUT2D eigenvalue weighted by Gasteiger charge is 2.07. The van der Waals surface area contributed by atoms with Crippen LogP contribution in [0.15, 0.2) is 12.4 Å². The molecule has 16 heavy (non-hydrogen) atoms.